The van der Waals surface area contributed by atoms with Crippen molar-refractivity contribution in [3.63, 3.8) is 0 Å². The van der Waals surface area contributed by atoms with Crippen molar-refractivity contribution in [2.24, 2.45) is 0 Å². The molecule has 1 aliphatic rings. The molecule has 0 radical (unpaired) electrons. The molecule has 1 heterocycles. The predicted molar refractivity (Wildman–Crippen MR) is 61.1 cm³/mol. The zero-order chi connectivity index (χ0) is 12.4. The van der Waals surface area contributed by atoms with Crippen LogP contribution in [0.25, 0.3) is 0 Å². The van der Waals surface area contributed by atoms with Crippen molar-refractivity contribution in [2.75, 3.05) is 19.1 Å². The lowest BCUT2D eigenvalue weighted by Crippen LogP contribution is -2.66. The Bertz CT molecular complexity index is 429. The second-order valence-electron chi connectivity index (χ2n) is 3.69. The lowest BCUT2D eigenvalue weighted by Gasteiger charge is -2.42. The molecule has 0 saturated carbocycles. The summed E-state index contributed by atoms with van der Waals surface area (Å²) in [5.74, 6) is 0.502. The quantitative estimate of drug-likeness (QED) is 0.567. The Kier molecular flexibility index (Phi) is 3.10. The zero-order valence-corrected chi connectivity index (χ0v) is 9.62. The summed E-state index contributed by atoms with van der Waals surface area (Å²) in [6, 6.07) is 6.41. The number of β-lactam (4-membered cyclic amide) rings is 1. The van der Waals surface area contributed by atoms with Gasteiger partial charge in [-0.2, -0.15) is 0 Å². The average Bonchev–Trinajstić information content (AvgIpc) is 2.37. The van der Waals surface area contributed by atoms with Gasteiger partial charge in [0.15, 0.2) is 6.10 Å². The lowest BCUT2D eigenvalue weighted by atomic mass is 9.98. The zero-order valence-electron chi connectivity index (χ0n) is 9.62. The van der Waals surface area contributed by atoms with E-state index in [1.165, 1.54) is 12.0 Å². The highest BCUT2D eigenvalue weighted by Gasteiger charge is 2.48. The van der Waals surface area contributed by atoms with Gasteiger partial charge in [-0.25, -0.2) is 0 Å². The summed E-state index contributed by atoms with van der Waals surface area (Å²) >= 11 is 0. The van der Waals surface area contributed by atoms with Crippen molar-refractivity contribution in [3.8, 4) is 5.75 Å². The number of carbonyl (C=O) groups is 2. The number of carbonyl (C=O) groups excluding carboxylic acids is 2. The van der Waals surface area contributed by atoms with Crippen LogP contribution >= 0.6 is 0 Å². The first-order valence-corrected chi connectivity index (χ1v) is 5.18. The minimum absolute atomic E-state index is 0.199. The first-order chi connectivity index (χ1) is 8.22. The van der Waals surface area contributed by atoms with Crippen molar-refractivity contribution in [1.29, 1.82) is 0 Å². The summed E-state index contributed by atoms with van der Waals surface area (Å²) in [4.78, 5) is 24.1. The van der Waals surface area contributed by atoms with E-state index in [0.717, 1.165) is 6.29 Å². The number of methoxy groups -OCH3 is 2. The second-order valence-corrected chi connectivity index (χ2v) is 3.69. The van der Waals surface area contributed by atoms with Crippen LogP contribution in [0.2, 0.25) is 0 Å². The van der Waals surface area contributed by atoms with E-state index in [4.69, 9.17) is 9.47 Å². The molecular formula is C12H13NO4. The van der Waals surface area contributed by atoms with Gasteiger partial charge >= 0.3 is 0 Å². The Labute approximate surface area is 98.9 Å². The molecule has 2 unspecified atom stereocenters. The summed E-state index contributed by atoms with van der Waals surface area (Å²) in [5.41, 5.74) is 0.668. The Morgan fingerprint density at radius 3 is 2.35 bits per heavy atom. The molecule has 2 rings (SSSR count). The molecule has 1 aromatic rings. The number of rotatable bonds is 4. The monoisotopic (exact) mass is 235 g/mol. The number of amides is 1. The van der Waals surface area contributed by atoms with E-state index in [9.17, 15) is 9.59 Å². The minimum atomic E-state index is -0.658. The summed E-state index contributed by atoms with van der Waals surface area (Å²) in [7, 11) is 2.99. The van der Waals surface area contributed by atoms with Crippen LogP contribution in [0.4, 0.5) is 5.69 Å². The van der Waals surface area contributed by atoms with Gasteiger partial charge in [-0.1, -0.05) is 0 Å². The van der Waals surface area contributed by atoms with Crippen molar-refractivity contribution in [2.45, 2.75) is 12.1 Å². The summed E-state index contributed by atoms with van der Waals surface area (Å²) < 4.78 is 9.98. The Morgan fingerprint density at radius 2 is 1.88 bits per heavy atom. The van der Waals surface area contributed by atoms with Crippen molar-refractivity contribution < 1.29 is 19.1 Å². The van der Waals surface area contributed by atoms with E-state index in [-0.39, 0.29) is 5.91 Å². The molecule has 5 heteroatoms. The molecule has 1 fully saturated rings. The number of hydrogen-bond acceptors (Lipinski definition) is 4. The van der Waals surface area contributed by atoms with Gasteiger partial charge in [0, 0.05) is 12.8 Å². The van der Waals surface area contributed by atoms with Gasteiger partial charge in [0.1, 0.15) is 18.1 Å². The van der Waals surface area contributed by atoms with Gasteiger partial charge in [-0.3, -0.25) is 9.69 Å². The first-order valence-electron chi connectivity index (χ1n) is 5.18. The third-order valence-corrected chi connectivity index (χ3v) is 2.83. The van der Waals surface area contributed by atoms with E-state index in [1.54, 1.807) is 31.4 Å². The molecule has 1 saturated heterocycles. The molecule has 90 valence electrons. The number of ether oxygens (including phenoxy) is 2. The van der Waals surface area contributed by atoms with Gasteiger partial charge in [0.2, 0.25) is 0 Å². The van der Waals surface area contributed by atoms with Gasteiger partial charge in [0.05, 0.1) is 7.11 Å². The highest BCUT2D eigenvalue weighted by Crippen LogP contribution is 2.29. The van der Waals surface area contributed by atoms with E-state index < -0.39 is 12.1 Å². The fraction of sp³-hybridized carbons (Fsp3) is 0.333. The fourth-order valence-electron chi connectivity index (χ4n) is 1.90. The molecule has 0 spiro atoms. The Morgan fingerprint density at radius 1 is 1.24 bits per heavy atom. The lowest BCUT2D eigenvalue weighted by molar-refractivity contribution is -0.142. The largest absolute Gasteiger partial charge is 0.497 e. The third kappa shape index (κ3) is 1.78. The smallest absolute Gasteiger partial charge is 0.259 e. The van der Waals surface area contributed by atoms with Gasteiger partial charge < -0.3 is 14.3 Å². The maximum absolute atomic E-state index is 11.7. The predicted octanol–water partition coefficient (Wildman–Crippen LogP) is 0.624. The van der Waals surface area contributed by atoms with Crippen LogP contribution in [0.15, 0.2) is 24.3 Å². The summed E-state index contributed by atoms with van der Waals surface area (Å²) in [6.07, 6.45) is 0.0642. The van der Waals surface area contributed by atoms with Crippen LogP contribution in [0, 0.1) is 0 Å². The van der Waals surface area contributed by atoms with Crippen LogP contribution in [-0.2, 0) is 14.3 Å². The van der Waals surface area contributed by atoms with Crippen LogP contribution < -0.4 is 9.64 Å². The normalized spacial score (nSPS) is 23.2. The topological polar surface area (TPSA) is 55.8 Å². The van der Waals surface area contributed by atoms with Crippen molar-refractivity contribution in [1.82, 2.24) is 0 Å². The van der Waals surface area contributed by atoms with Crippen LogP contribution in [0.5, 0.6) is 5.75 Å². The number of anilines is 1. The molecule has 2 atom stereocenters. The molecule has 1 amide bonds. The molecule has 0 N–H and O–H groups in total. The summed E-state index contributed by atoms with van der Waals surface area (Å²) in [6.45, 7) is 0. The molecule has 17 heavy (non-hydrogen) atoms. The highest BCUT2D eigenvalue weighted by atomic mass is 16.5. The second kappa shape index (κ2) is 4.55. The third-order valence-electron chi connectivity index (χ3n) is 2.83. The first kappa shape index (κ1) is 11.6. The van der Waals surface area contributed by atoms with E-state index in [1.807, 2.05) is 0 Å². The highest BCUT2D eigenvalue weighted by molar-refractivity contribution is 6.10. The molecule has 5 nitrogen and oxygen atoms in total. The maximum Gasteiger partial charge on any atom is 0.259 e. The molecule has 0 bridgehead atoms. The molecule has 1 aromatic carbocycles. The van der Waals surface area contributed by atoms with E-state index in [0.29, 0.717) is 11.4 Å². The number of aldehydes is 1. The van der Waals surface area contributed by atoms with Crippen LogP contribution in [-0.4, -0.2) is 38.6 Å². The van der Waals surface area contributed by atoms with Gasteiger partial charge in [0.25, 0.3) is 5.91 Å². The molecular weight excluding hydrogens is 222 g/mol. The number of nitrogens with zero attached hydrogens (tertiary/aromatic N) is 1. The van der Waals surface area contributed by atoms with Gasteiger partial charge in [-0.05, 0) is 24.3 Å². The van der Waals surface area contributed by atoms with Crippen LogP contribution in [0.3, 0.4) is 0 Å². The molecule has 0 aliphatic carbocycles. The summed E-state index contributed by atoms with van der Waals surface area (Å²) in [5, 5.41) is 0. The number of benzene rings is 1. The Hall–Kier alpha value is -1.88. The Balaban J connectivity index is 2.22. The van der Waals surface area contributed by atoms with Crippen LogP contribution in [0.1, 0.15) is 0 Å². The minimum Gasteiger partial charge on any atom is -0.497 e. The molecule has 1 aliphatic heterocycles. The van der Waals surface area contributed by atoms with Gasteiger partial charge in [-0.15, -0.1) is 0 Å². The van der Waals surface area contributed by atoms with Crippen molar-refractivity contribution >= 4 is 17.9 Å². The standard InChI is InChI=1S/C12H13NO4/c1-16-9-5-3-8(4-6-9)13-10(7-14)11(17-2)12(13)15/h3-7,10-11H,1-2H3. The fourth-order valence-corrected chi connectivity index (χ4v) is 1.90. The van der Waals surface area contributed by atoms with E-state index in [2.05, 4.69) is 0 Å². The number of hydrogen-bond donors (Lipinski definition) is 0. The average molecular weight is 235 g/mol. The molecule has 0 aromatic heterocycles. The SMILES string of the molecule is COc1ccc(N2C(=O)C(OC)C2C=O)cc1. The van der Waals surface area contributed by atoms with Crippen molar-refractivity contribution in [3.05, 3.63) is 24.3 Å². The maximum atomic E-state index is 11.7. The van der Waals surface area contributed by atoms with E-state index >= 15 is 0 Å².